The molecule has 0 aromatic heterocycles. The van der Waals surface area contributed by atoms with Gasteiger partial charge in [0.25, 0.3) is 11.8 Å². The van der Waals surface area contributed by atoms with Crippen molar-refractivity contribution in [2.45, 2.75) is 38.3 Å². The molecule has 0 spiro atoms. The van der Waals surface area contributed by atoms with Crippen LogP contribution in [-0.2, 0) is 30.4 Å². The summed E-state index contributed by atoms with van der Waals surface area (Å²) in [4.78, 5) is 79.3. The van der Waals surface area contributed by atoms with Crippen molar-refractivity contribution in [1.29, 1.82) is 0 Å². The fourth-order valence-electron chi connectivity index (χ4n) is 4.79. The molecule has 0 saturated carbocycles. The molecule has 0 unspecified atom stereocenters. The highest BCUT2D eigenvalue weighted by Gasteiger charge is 2.37. The van der Waals surface area contributed by atoms with Gasteiger partial charge in [0, 0.05) is 18.4 Å². The van der Waals surface area contributed by atoms with Crippen LogP contribution in [0, 0.1) is 0 Å². The lowest BCUT2D eigenvalue weighted by Gasteiger charge is -2.25. The van der Waals surface area contributed by atoms with E-state index < -0.39 is 36.3 Å². The summed E-state index contributed by atoms with van der Waals surface area (Å²) >= 11 is 0. The number of fused-ring (bicyclic) bond motifs is 1. The van der Waals surface area contributed by atoms with E-state index in [-0.39, 0.29) is 31.1 Å². The maximum absolute atomic E-state index is 14.0. The lowest BCUT2D eigenvalue weighted by molar-refractivity contribution is -0.127. The Bertz CT molecular complexity index is 1460. The second-order valence-corrected chi connectivity index (χ2v) is 10.0. The number of ketones is 1. The van der Waals surface area contributed by atoms with Crippen LogP contribution in [0.15, 0.2) is 84.9 Å². The van der Waals surface area contributed by atoms with E-state index in [1.807, 2.05) is 30.3 Å². The van der Waals surface area contributed by atoms with Crippen molar-refractivity contribution in [2.24, 2.45) is 0 Å². The molecule has 3 aromatic rings. The van der Waals surface area contributed by atoms with Gasteiger partial charge in [0.05, 0.1) is 24.0 Å². The minimum atomic E-state index is -1.18. The molecule has 1 heterocycles. The van der Waals surface area contributed by atoms with E-state index in [2.05, 4.69) is 10.6 Å². The number of Topliss-reactive ketones (excluding diaryl/α,β-unsaturated/α-hetero) is 1. The number of aldehydes is 1. The Kier molecular flexibility index (Phi) is 9.94. The Morgan fingerprint density at radius 3 is 2.17 bits per heavy atom. The van der Waals surface area contributed by atoms with Crippen LogP contribution in [-0.4, -0.2) is 60.9 Å². The molecule has 0 radical (unpaired) electrons. The second kappa shape index (κ2) is 14.0. The minimum Gasteiger partial charge on any atom is -0.345 e. The zero-order valence-electron chi connectivity index (χ0n) is 23.2. The van der Waals surface area contributed by atoms with E-state index in [4.69, 9.17) is 0 Å². The predicted molar refractivity (Wildman–Crippen MR) is 157 cm³/mol. The molecule has 2 atom stereocenters. The van der Waals surface area contributed by atoms with Gasteiger partial charge in [0.1, 0.15) is 24.7 Å². The molecular formula is C32H32N4O6. The second-order valence-electron chi connectivity index (χ2n) is 10.0. The summed E-state index contributed by atoms with van der Waals surface area (Å²) in [6.07, 6.45) is 0.911. The molecule has 0 aliphatic carbocycles. The Balaban J connectivity index is 1.66. The summed E-state index contributed by atoms with van der Waals surface area (Å²) in [6.45, 7) is 0.657. The molecule has 0 bridgehead atoms. The maximum Gasteiger partial charge on any atom is 0.251 e. The number of hydrogen-bond acceptors (Lipinski definition) is 6. The van der Waals surface area contributed by atoms with Crippen molar-refractivity contribution in [3.63, 3.8) is 0 Å². The Morgan fingerprint density at radius 2 is 1.52 bits per heavy atom. The lowest BCUT2D eigenvalue weighted by Crippen LogP contribution is -2.54. The molecule has 1 aliphatic heterocycles. The molecule has 1 aliphatic rings. The summed E-state index contributed by atoms with van der Waals surface area (Å²) in [6, 6.07) is 22.4. The molecule has 4 rings (SSSR count). The van der Waals surface area contributed by atoms with Crippen LogP contribution in [0.4, 0.5) is 11.4 Å². The number of anilines is 2. The number of nitrogens with one attached hydrogen (secondary N) is 2. The van der Waals surface area contributed by atoms with Gasteiger partial charge in [0.2, 0.25) is 11.8 Å². The molecule has 0 fully saturated rings. The summed E-state index contributed by atoms with van der Waals surface area (Å²) < 4.78 is 0. The normalized spacial score (nSPS) is 15.2. The van der Waals surface area contributed by atoms with Gasteiger partial charge in [-0.25, -0.2) is 0 Å². The Hall–Kier alpha value is -5.12. The van der Waals surface area contributed by atoms with Crippen LogP contribution in [0.2, 0.25) is 0 Å². The van der Waals surface area contributed by atoms with Crippen molar-refractivity contribution < 1.29 is 28.8 Å². The van der Waals surface area contributed by atoms with Gasteiger partial charge < -0.3 is 20.3 Å². The first-order chi connectivity index (χ1) is 20.3. The van der Waals surface area contributed by atoms with Gasteiger partial charge in [-0.2, -0.15) is 0 Å². The number of benzene rings is 3. The van der Waals surface area contributed by atoms with Gasteiger partial charge in [-0.1, -0.05) is 60.7 Å². The van der Waals surface area contributed by atoms with Crippen molar-refractivity contribution in [3.05, 3.63) is 96.1 Å². The van der Waals surface area contributed by atoms with Crippen molar-refractivity contribution >= 4 is 47.1 Å². The fourth-order valence-corrected chi connectivity index (χ4v) is 4.79. The van der Waals surface area contributed by atoms with Gasteiger partial charge >= 0.3 is 0 Å². The standard InChI is InChI=1S/C32H32N4O6/c1-22(38)18-25(21-37)33-29(39)20-36-28-15-9-8-14-27(28)35(30(40)17-16-23-10-4-2-5-11-23)19-26(32(36)42)34-31(41)24-12-6-3-7-13-24/h2-15,21,25-26H,16-20H2,1H3,(H,33,39)(H,34,41)/t25-,26-/m0/s1. The zero-order valence-corrected chi connectivity index (χ0v) is 23.2. The molecule has 10 heteroatoms. The average Bonchev–Trinajstić information content (AvgIpc) is 3.11. The highest BCUT2D eigenvalue weighted by Crippen LogP contribution is 2.33. The van der Waals surface area contributed by atoms with E-state index in [0.717, 1.165) is 5.56 Å². The Morgan fingerprint density at radius 1 is 0.905 bits per heavy atom. The van der Waals surface area contributed by atoms with Gasteiger partial charge in [0.15, 0.2) is 0 Å². The predicted octanol–water partition coefficient (Wildman–Crippen LogP) is 2.46. The summed E-state index contributed by atoms with van der Waals surface area (Å²) in [5.74, 6) is -2.32. The molecule has 3 aromatic carbocycles. The third-order valence-electron chi connectivity index (χ3n) is 6.83. The van der Waals surface area contributed by atoms with Crippen LogP contribution >= 0.6 is 0 Å². The topological polar surface area (TPSA) is 133 Å². The molecule has 2 N–H and O–H groups in total. The molecule has 216 valence electrons. The third kappa shape index (κ3) is 7.54. The number of carbonyl (C=O) groups excluding carboxylic acids is 6. The van der Waals surface area contributed by atoms with Crippen molar-refractivity contribution in [3.8, 4) is 0 Å². The van der Waals surface area contributed by atoms with Crippen LogP contribution < -0.4 is 20.4 Å². The molecule has 0 saturated heterocycles. The number of rotatable bonds is 11. The first-order valence-electron chi connectivity index (χ1n) is 13.6. The Labute approximate surface area is 243 Å². The van der Waals surface area contributed by atoms with E-state index in [9.17, 15) is 28.8 Å². The number of hydrogen-bond donors (Lipinski definition) is 2. The van der Waals surface area contributed by atoms with Crippen LogP contribution in [0.25, 0.3) is 0 Å². The smallest absolute Gasteiger partial charge is 0.251 e. The summed E-state index contributed by atoms with van der Waals surface area (Å²) in [5, 5.41) is 5.22. The van der Waals surface area contributed by atoms with E-state index in [1.54, 1.807) is 54.6 Å². The molecule has 42 heavy (non-hydrogen) atoms. The minimum absolute atomic E-state index is 0.151. The number of aryl methyl sites for hydroxylation is 1. The highest BCUT2D eigenvalue weighted by atomic mass is 16.2. The van der Waals surface area contributed by atoms with Gasteiger partial charge in [-0.3, -0.25) is 28.9 Å². The number of carbonyl (C=O) groups is 6. The maximum atomic E-state index is 14.0. The number of nitrogens with zero attached hydrogens (tertiary/aromatic N) is 2. The van der Waals surface area contributed by atoms with Crippen molar-refractivity contribution in [2.75, 3.05) is 22.9 Å². The van der Waals surface area contributed by atoms with Gasteiger partial charge in [-0.05, 0) is 43.2 Å². The molecule has 10 nitrogen and oxygen atoms in total. The van der Waals surface area contributed by atoms with Crippen LogP contribution in [0.3, 0.4) is 0 Å². The van der Waals surface area contributed by atoms with Crippen molar-refractivity contribution in [1.82, 2.24) is 10.6 Å². The average molecular weight is 569 g/mol. The lowest BCUT2D eigenvalue weighted by atomic mass is 10.1. The fraction of sp³-hybridized carbons (Fsp3) is 0.250. The quantitative estimate of drug-likeness (QED) is 0.342. The third-order valence-corrected chi connectivity index (χ3v) is 6.83. The van der Waals surface area contributed by atoms with Crippen LogP contribution in [0.5, 0.6) is 0 Å². The summed E-state index contributed by atoms with van der Waals surface area (Å²) in [7, 11) is 0. The first kappa shape index (κ1) is 29.9. The number of amides is 4. The largest absolute Gasteiger partial charge is 0.345 e. The van der Waals surface area contributed by atoms with E-state index in [0.29, 0.717) is 29.6 Å². The van der Waals surface area contributed by atoms with E-state index >= 15 is 0 Å². The highest BCUT2D eigenvalue weighted by molar-refractivity contribution is 6.11. The number of para-hydroxylation sites is 2. The SMILES string of the molecule is CC(=O)C[C@@H](C=O)NC(=O)CN1C(=O)[C@@H](NC(=O)c2ccccc2)CN(C(=O)CCc2ccccc2)c2ccccc21. The first-order valence-corrected chi connectivity index (χ1v) is 13.6. The molecular weight excluding hydrogens is 536 g/mol. The zero-order chi connectivity index (χ0) is 30.1. The molecule has 4 amide bonds. The monoisotopic (exact) mass is 568 g/mol. The summed E-state index contributed by atoms with van der Waals surface area (Å²) in [5.41, 5.74) is 2.02. The van der Waals surface area contributed by atoms with Gasteiger partial charge in [-0.15, -0.1) is 0 Å². The van der Waals surface area contributed by atoms with Crippen LogP contribution in [0.1, 0.15) is 35.7 Å². The van der Waals surface area contributed by atoms with E-state index in [1.165, 1.54) is 16.7 Å².